The van der Waals surface area contributed by atoms with E-state index in [0.29, 0.717) is 37.5 Å². The minimum atomic E-state index is -3.66. The number of piperazine rings is 1. The molecular weight excluding hydrogens is 464 g/mol. The van der Waals surface area contributed by atoms with Gasteiger partial charge in [-0.05, 0) is 41.8 Å². The number of benzene rings is 3. The number of rotatable bonds is 8. The van der Waals surface area contributed by atoms with Gasteiger partial charge in [0.1, 0.15) is 5.75 Å². The molecule has 35 heavy (non-hydrogen) atoms. The van der Waals surface area contributed by atoms with Gasteiger partial charge < -0.3 is 9.47 Å². The highest BCUT2D eigenvalue weighted by Gasteiger charge is 2.32. The fourth-order valence-electron chi connectivity index (χ4n) is 4.38. The first-order chi connectivity index (χ1) is 16.9. The third-order valence-corrected chi connectivity index (χ3v) is 8.12. The Morgan fingerprint density at radius 1 is 0.886 bits per heavy atom. The molecule has 1 saturated heterocycles. The Morgan fingerprint density at radius 2 is 1.46 bits per heavy atom. The van der Waals surface area contributed by atoms with Gasteiger partial charge in [0, 0.05) is 26.2 Å². The minimum Gasteiger partial charge on any atom is -0.482 e. The second-order valence-electron chi connectivity index (χ2n) is 8.46. The first-order valence-electron chi connectivity index (χ1n) is 11.5. The van der Waals surface area contributed by atoms with Crippen molar-refractivity contribution in [3.63, 3.8) is 0 Å². The monoisotopic (exact) mass is 494 g/mol. The van der Waals surface area contributed by atoms with E-state index in [4.69, 9.17) is 4.74 Å². The number of hydrogen-bond donors (Lipinski definition) is 0. The van der Waals surface area contributed by atoms with Gasteiger partial charge >= 0.3 is 5.97 Å². The van der Waals surface area contributed by atoms with Crippen LogP contribution in [-0.4, -0.2) is 63.5 Å². The van der Waals surface area contributed by atoms with Gasteiger partial charge in [-0.15, -0.1) is 0 Å². The van der Waals surface area contributed by atoms with Crippen molar-refractivity contribution in [1.29, 1.82) is 0 Å². The average molecular weight is 495 g/mol. The summed E-state index contributed by atoms with van der Waals surface area (Å²) in [7, 11) is -2.37. The molecule has 1 aliphatic heterocycles. The lowest BCUT2D eigenvalue weighted by Gasteiger charge is -2.39. The summed E-state index contributed by atoms with van der Waals surface area (Å²) in [5, 5.41) is 0. The van der Waals surface area contributed by atoms with E-state index < -0.39 is 16.0 Å². The molecule has 0 aliphatic carbocycles. The van der Waals surface area contributed by atoms with Crippen LogP contribution in [0.25, 0.3) is 0 Å². The van der Waals surface area contributed by atoms with Crippen molar-refractivity contribution in [2.45, 2.75) is 17.9 Å². The largest absolute Gasteiger partial charge is 0.482 e. The number of aryl methyl sites for hydroxylation is 1. The molecule has 0 atom stereocenters. The van der Waals surface area contributed by atoms with Crippen LogP contribution in [0.4, 0.5) is 0 Å². The quantitative estimate of drug-likeness (QED) is 0.445. The van der Waals surface area contributed by atoms with E-state index in [2.05, 4.69) is 33.9 Å². The van der Waals surface area contributed by atoms with Crippen LogP contribution in [0.1, 0.15) is 22.7 Å². The van der Waals surface area contributed by atoms with Crippen molar-refractivity contribution in [2.24, 2.45) is 0 Å². The Kier molecular flexibility index (Phi) is 7.85. The van der Waals surface area contributed by atoms with E-state index >= 15 is 0 Å². The van der Waals surface area contributed by atoms with Crippen molar-refractivity contribution in [3.8, 4) is 5.75 Å². The highest BCUT2D eigenvalue weighted by Crippen LogP contribution is 2.31. The number of hydrogen-bond acceptors (Lipinski definition) is 6. The normalized spacial score (nSPS) is 15.2. The predicted molar refractivity (Wildman–Crippen MR) is 134 cm³/mol. The van der Waals surface area contributed by atoms with Crippen molar-refractivity contribution < 1.29 is 22.7 Å². The molecule has 1 fully saturated rings. The summed E-state index contributed by atoms with van der Waals surface area (Å²) in [4.78, 5) is 13.9. The molecule has 0 N–H and O–H groups in total. The van der Waals surface area contributed by atoms with Crippen LogP contribution in [0.2, 0.25) is 0 Å². The first-order valence-corrected chi connectivity index (χ1v) is 13.0. The maximum atomic E-state index is 13.4. The van der Waals surface area contributed by atoms with E-state index in [1.165, 1.54) is 24.3 Å². The van der Waals surface area contributed by atoms with Crippen LogP contribution in [0, 0.1) is 6.92 Å². The zero-order chi connectivity index (χ0) is 24.8. The molecule has 0 unspecified atom stereocenters. The lowest BCUT2D eigenvalue weighted by atomic mass is 9.96. The minimum absolute atomic E-state index is 0.0655. The zero-order valence-electron chi connectivity index (χ0n) is 20.0. The molecule has 0 spiro atoms. The second-order valence-corrected chi connectivity index (χ2v) is 10.4. The molecule has 0 bridgehead atoms. The SMILES string of the molecule is COC(=O)COc1ccc(S(=O)(=O)N2CCN(C(c3ccccc3)c3ccccc3)CC2)cc1C. The van der Waals surface area contributed by atoms with Gasteiger partial charge in [0.05, 0.1) is 18.0 Å². The number of carbonyl (C=O) groups is 1. The summed E-state index contributed by atoms with van der Waals surface area (Å²) in [6.07, 6.45) is 0. The topological polar surface area (TPSA) is 76.1 Å². The molecule has 1 aliphatic rings. The number of methoxy groups -OCH3 is 1. The van der Waals surface area contributed by atoms with Crippen molar-refractivity contribution in [2.75, 3.05) is 39.9 Å². The fraction of sp³-hybridized carbons (Fsp3) is 0.296. The molecule has 3 aromatic rings. The van der Waals surface area contributed by atoms with Crippen LogP contribution >= 0.6 is 0 Å². The molecule has 3 aromatic carbocycles. The summed E-state index contributed by atoms with van der Waals surface area (Å²) in [5.74, 6) is -0.0454. The van der Waals surface area contributed by atoms with Crippen LogP contribution in [0.5, 0.6) is 5.75 Å². The van der Waals surface area contributed by atoms with Crippen molar-refractivity contribution >= 4 is 16.0 Å². The van der Waals surface area contributed by atoms with Gasteiger partial charge in [0.2, 0.25) is 10.0 Å². The number of carbonyl (C=O) groups excluding carboxylic acids is 1. The molecule has 4 rings (SSSR count). The summed E-state index contributed by atoms with van der Waals surface area (Å²) in [6.45, 7) is 3.57. The van der Waals surface area contributed by atoms with E-state index in [1.54, 1.807) is 23.4 Å². The lowest BCUT2D eigenvalue weighted by molar-refractivity contribution is -0.142. The van der Waals surface area contributed by atoms with Crippen molar-refractivity contribution in [3.05, 3.63) is 95.6 Å². The molecule has 1 heterocycles. The van der Waals surface area contributed by atoms with Gasteiger partial charge in [-0.3, -0.25) is 4.90 Å². The number of esters is 1. The van der Waals surface area contributed by atoms with Crippen molar-refractivity contribution in [1.82, 2.24) is 9.21 Å². The Labute approximate surface area is 206 Å². The standard InChI is InChI=1S/C27H30N2O5S/c1-21-19-24(13-14-25(21)34-20-26(30)33-2)35(31,32)29-17-15-28(16-18-29)27(22-9-5-3-6-10-22)23-11-7-4-8-12-23/h3-14,19,27H,15-18,20H2,1-2H3. The highest BCUT2D eigenvalue weighted by atomic mass is 32.2. The molecule has 0 aromatic heterocycles. The van der Waals surface area contributed by atoms with Gasteiger partial charge in [-0.25, -0.2) is 13.2 Å². The Balaban J connectivity index is 1.48. The maximum Gasteiger partial charge on any atom is 0.343 e. The molecule has 0 saturated carbocycles. The lowest BCUT2D eigenvalue weighted by Crippen LogP contribution is -2.49. The van der Waals surface area contributed by atoms with E-state index in [-0.39, 0.29) is 17.5 Å². The summed E-state index contributed by atoms with van der Waals surface area (Å²) in [5.41, 5.74) is 3.02. The van der Waals surface area contributed by atoms with Crippen LogP contribution in [0.3, 0.4) is 0 Å². The van der Waals surface area contributed by atoms with Gasteiger partial charge in [-0.1, -0.05) is 60.7 Å². The molecular formula is C27H30N2O5S. The number of sulfonamides is 1. The van der Waals surface area contributed by atoms with Gasteiger partial charge in [0.25, 0.3) is 0 Å². The number of ether oxygens (including phenoxy) is 2. The Bertz CT molecular complexity index is 1200. The highest BCUT2D eigenvalue weighted by molar-refractivity contribution is 7.89. The van der Waals surface area contributed by atoms with Crippen LogP contribution in [0.15, 0.2) is 83.8 Å². The molecule has 8 heteroatoms. The second kappa shape index (κ2) is 11.0. The third kappa shape index (κ3) is 5.73. The molecule has 184 valence electrons. The van der Waals surface area contributed by atoms with E-state index in [9.17, 15) is 13.2 Å². The Morgan fingerprint density at radius 3 is 1.97 bits per heavy atom. The first kappa shape index (κ1) is 24.9. The fourth-order valence-corrected chi connectivity index (χ4v) is 5.88. The van der Waals surface area contributed by atoms with Crippen LogP contribution in [-0.2, 0) is 19.6 Å². The Hall–Kier alpha value is -3.20. The van der Waals surface area contributed by atoms with E-state index in [0.717, 1.165) is 0 Å². The smallest absolute Gasteiger partial charge is 0.343 e. The molecule has 7 nitrogen and oxygen atoms in total. The number of nitrogens with zero attached hydrogens (tertiary/aromatic N) is 2. The third-order valence-electron chi connectivity index (χ3n) is 6.23. The van der Waals surface area contributed by atoms with Crippen LogP contribution < -0.4 is 4.74 Å². The molecule has 0 amide bonds. The average Bonchev–Trinajstić information content (AvgIpc) is 2.89. The molecule has 0 radical (unpaired) electrons. The van der Waals surface area contributed by atoms with Gasteiger partial charge in [-0.2, -0.15) is 4.31 Å². The zero-order valence-corrected chi connectivity index (χ0v) is 20.8. The predicted octanol–water partition coefficient (Wildman–Crippen LogP) is 3.64. The summed E-state index contributed by atoms with van der Waals surface area (Å²) < 4.78 is 38.3. The summed E-state index contributed by atoms with van der Waals surface area (Å²) >= 11 is 0. The maximum absolute atomic E-state index is 13.4. The van der Waals surface area contributed by atoms with Gasteiger partial charge in [0.15, 0.2) is 6.61 Å². The van der Waals surface area contributed by atoms with E-state index in [1.807, 2.05) is 36.4 Å². The summed E-state index contributed by atoms with van der Waals surface area (Å²) in [6, 6.07) is 25.4.